The van der Waals surface area contributed by atoms with Gasteiger partial charge in [-0.3, -0.25) is 4.79 Å². The first kappa shape index (κ1) is 12.7. The highest BCUT2D eigenvalue weighted by Gasteiger charge is 2.19. The molecule has 2 heteroatoms. The van der Waals surface area contributed by atoms with E-state index in [1.807, 2.05) is 11.8 Å². The lowest BCUT2D eigenvalue weighted by atomic mass is 9.99. The third-order valence-corrected chi connectivity index (χ3v) is 4.69. The number of hydrogen-bond acceptors (Lipinski definition) is 2. The van der Waals surface area contributed by atoms with Crippen LogP contribution in [0, 0.1) is 0 Å². The Hall–Kier alpha value is -0.760. The van der Waals surface area contributed by atoms with Gasteiger partial charge in [0.15, 0.2) is 0 Å². The summed E-state index contributed by atoms with van der Waals surface area (Å²) in [5.41, 5.74) is 1.40. The summed E-state index contributed by atoms with van der Waals surface area (Å²) in [7, 11) is 0. The van der Waals surface area contributed by atoms with E-state index in [4.69, 9.17) is 0 Å². The van der Waals surface area contributed by atoms with Crippen molar-refractivity contribution >= 4 is 17.5 Å². The Morgan fingerprint density at radius 1 is 1.12 bits per heavy atom. The third-order valence-electron chi connectivity index (χ3n) is 3.34. The number of Topliss-reactive ketones (excluding diaryl/α,β-unsaturated/α-hetero) is 1. The van der Waals surface area contributed by atoms with E-state index in [0.717, 1.165) is 25.7 Å². The van der Waals surface area contributed by atoms with Crippen LogP contribution in [-0.4, -0.2) is 11.0 Å². The Bertz CT molecular complexity index is 370. The molecule has 2 rings (SSSR count). The summed E-state index contributed by atoms with van der Waals surface area (Å²) in [6.07, 6.45) is 3.66. The first-order chi connectivity index (χ1) is 8.15. The molecule has 1 saturated carbocycles. The molecule has 0 unspecified atom stereocenters. The standard InChI is InChI=1S/C15H20OS/c1-11(2)12-3-7-14(8-4-12)17-15-9-5-13(16)6-10-15/h3-4,7-8,11,15H,5-6,9-10H2,1-2H3. The Morgan fingerprint density at radius 2 is 1.71 bits per heavy atom. The Labute approximate surface area is 108 Å². The molecule has 0 radical (unpaired) electrons. The second-order valence-corrected chi connectivity index (χ2v) is 6.45. The van der Waals surface area contributed by atoms with Gasteiger partial charge in [0.1, 0.15) is 5.78 Å². The molecule has 0 amide bonds. The molecule has 1 aromatic carbocycles. The largest absolute Gasteiger partial charge is 0.300 e. The van der Waals surface area contributed by atoms with Crippen LogP contribution in [0.4, 0.5) is 0 Å². The molecule has 0 N–H and O–H groups in total. The van der Waals surface area contributed by atoms with Gasteiger partial charge in [0.05, 0.1) is 0 Å². The van der Waals surface area contributed by atoms with Crippen molar-refractivity contribution in [1.82, 2.24) is 0 Å². The van der Waals surface area contributed by atoms with Crippen molar-refractivity contribution in [2.75, 3.05) is 0 Å². The number of thioether (sulfide) groups is 1. The van der Waals surface area contributed by atoms with Gasteiger partial charge < -0.3 is 0 Å². The van der Waals surface area contributed by atoms with Crippen molar-refractivity contribution in [3.8, 4) is 0 Å². The van der Waals surface area contributed by atoms with Gasteiger partial charge in [-0.25, -0.2) is 0 Å². The second-order valence-electron chi connectivity index (χ2n) is 5.08. The number of benzene rings is 1. The topological polar surface area (TPSA) is 17.1 Å². The minimum Gasteiger partial charge on any atom is -0.300 e. The summed E-state index contributed by atoms with van der Waals surface area (Å²) < 4.78 is 0. The lowest BCUT2D eigenvalue weighted by molar-refractivity contribution is -0.120. The predicted octanol–water partition coefficient (Wildman–Crippen LogP) is 4.41. The van der Waals surface area contributed by atoms with Gasteiger partial charge in [-0.15, -0.1) is 11.8 Å². The fourth-order valence-electron chi connectivity index (χ4n) is 2.15. The maximum atomic E-state index is 11.2. The van der Waals surface area contributed by atoms with Crippen LogP contribution in [0.15, 0.2) is 29.2 Å². The first-order valence-corrected chi connectivity index (χ1v) is 7.31. The molecule has 1 aliphatic rings. The van der Waals surface area contributed by atoms with Crippen molar-refractivity contribution in [2.45, 2.75) is 55.6 Å². The summed E-state index contributed by atoms with van der Waals surface area (Å²) in [6, 6.07) is 8.88. The highest BCUT2D eigenvalue weighted by molar-refractivity contribution is 8.00. The van der Waals surface area contributed by atoms with Crippen LogP contribution in [0.3, 0.4) is 0 Å². The average molecular weight is 248 g/mol. The van der Waals surface area contributed by atoms with Crippen LogP contribution in [-0.2, 0) is 4.79 Å². The number of ketones is 1. The molecular formula is C15H20OS. The fraction of sp³-hybridized carbons (Fsp3) is 0.533. The lowest BCUT2D eigenvalue weighted by Crippen LogP contribution is -2.15. The highest BCUT2D eigenvalue weighted by atomic mass is 32.2. The van der Waals surface area contributed by atoms with Gasteiger partial charge in [-0.1, -0.05) is 26.0 Å². The first-order valence-electron chi connectivity index (χ1n) is 6.43. The van der Waals surface area contributed by atoms with Crippen LogP contribution in [0.5, 0.6) is 0 Å². The second kappa shape index (κ2) is 5.72. The Kier molecular flexibility index (Phi) is 4.27. The maximum Gasteiger partial charge on any atom is 0.132 e. The molecule has 0 aromatic heterocycles. The minimum atomic E-state index is 0.442. The molecule has 1 fully saturated rings. The van der Waals surface area contributed by atoms with E-state index in [1.165, 1.54) is 10.5 Å². The molecule has 0 spiro atoms. The molecule has 1 aliphatic carbocycles. The lowest BCUT2D eigenvalue weighted by Gasteiger charge is -2.20. The maximum absolute atomic E-state index is 11.2. The smallest absolute Gasteiger partial charge is 0.132 e. The molecular weight excluding hydrogens is 228 g/mol. The molecule has 0 saturated heterocycles. The van der Waals surface area contributed by atoms with E-state index in [-0.39, 0.29) is 0 Å². The summed E-state index contributed by atoms with van der Waals surface area (Å²) in [6.45, 7) is 4.43. The molecule has 92 valence electrons. The van der Waals surface area contributed by atoms with Crippen molar-refractivity contribution in [3.05, 3.63) is 29.8 Å². The molecule has 0 aliphatic heterocycles. The quantitative estimate of drug-likeness (QED) is 0.788. The summed E-state index contributed by atoms with van der Waals surface area (Å²) in [5.74, 6) is 1.04. The van der Waals surface area contributed by atoms with Crippen molar-refractivity contribution in [3.63, 3.8) is 0 Å². The van der Waals surface area contributed by atoms with E-state index >= 15 is 0 Å². The zero-order valence-corrected chi connectivity index (χ0v) is 11.4. The van der Waals surface area contributed by atoms with Gasteiger partial charge in [0.2, 0.25) is 0 Å². The summed E-state index contributed by atoms with van der Waals surface area (Å²) in [4.78, 5) is 12.5. The molecule has 17 heavy (non-hydrogen) atoms. The van der Waals surface area contributed by atoms with Gasteiger partial charge in [0, 0.05) is 23.0 Å². The Balaban J connectivity index is 1.92. The molecule has 1 aromatic rings. The monoisotopic (exact) mass is 248 g/mol. The SMILES string of the molecule is CC(C)c1ccc(SC2CCC(=O)CC2)cc1. The van der Waals surface area contributed by atoms with E-state index in [9.17, 15) is 4.79 Å². The van der Waals surface area contributed by atoms with Crippen molar-refractivity contribution in [1.29, 1.82) is 0 Å². The van der Waals surface area contributed by atoms with Gasteiger partial charge in [-0.05, 0) is 36.5 Å². The normalized spacial score (nSPS) is 17.7. The van der Waals surface area contributed by atoms with E-state index < -0.39 is 0 Å². The van der Waals surface area contributed by atoms with E-state index in [2.05, 4.69) is 38.1 Å². The van der Waals surface area contributed by atoms with Crippen LogP contribution in [0.1, 0.15) is 51.0 Å². The van der Waals surface area contributed by atoms with Gasteiger partial charge in [0.25, 0.3) is 0 Å². The van der Waals surface area contributed by atoms with Gasteiger partial charge >= 0.3 is 0 Å². The van der Waals surface area contributed by atoms with Crippen molar-refractivity contribution < 1.29 is 4.79 Å². The van der Waals surface area contributed by atoms with E-state index in [0.29, 0.717) is 17.0 Å². The minimum absolute atomic E-state index is 0.442. The molecule has 0 heterocycles. The van der Waals surface area contributed by atoms with Gasteiger partial charge in [-0.2, -0.15) is 0 Å². The highest BCUT2D eigenvalue weighted by Crippen LogP contribution is 2.33. The number of rotatable bonds is 3. The molecule has 0 atom stereocenters. The molecule has 0 bridgehead atoms. The summed E-state index contributed by atoms with van der Waals surface area (Å²) >= 11 is 1.93. The Morgan fingerprint density at radius 3 is 2.24 bits per heavy atom. The number of carbonyl (C=O) groups excluding carboxylic acids is 1. The zero-order chi connectivity index (χ0) is 12.3. The van der Waals surface area contributed by atoms with Crippen molar-refractivity contribution in [2.24, 2.45) is 0 Å². The van der Waals surface area contributed by atoms with Crippen LogP contribution < -0.4 is 0 Å². The predicted molar refractivity (Wildman–Crippen MR) is 73.7 cm³/mol. The van der Waals surface area contributed by atoms with Crippen LogP contribution in [0.2, 0.25) is 0 Å². The third kappa shape index (κ3) is 3.60. The zero-order valence-electron chi connectivity index (χ0n) is 10.6. The molecule has 1 nitrogen and oxygen atoms in total. The van der Waals surface area contributed by atoms with Crippen LogP contribution >= 0.6 is 11.8 Å². The fourth-order valence-corrected chi connectivity index (χ4v) is 3.30. The summed E-state index contributed by atoms with van der Waals surface area (Å²) in [5, 5.41) is 0.637. The number of hydrogen-bond donors (Lipinski definition) is 0. The average Bonchev–Trinajstić information content (AvgIpc) is 2.33. The van der Waals surface area contributed by atoms with E-state index in [1.54, 1.807) is 0 Å². The number of carbonyl (C=O) groups is 1. The van der Waals surface area contributed by atoms with Crippen LogP contribution in [0.25, 0.3) is 0 Å².